The summed E-state index contributed by atoms with van der Waals surface area (Å²) in [6.45, 7) is -0.531. The monoisotopic (exact) mass is 127 g/mol. The van der Waals surface area contributed by atoms with Crippen LogP contribution >= 0.6 is 0 Å². The standard InChI is InChI=1S/C6H6FNO/c7-3-5-1-2-6(9)8-4-5/h1-2,4H,3H2,(H,8,9). The lowest BCUT2D eigenvalue weighted by molar-refractivity contribution is 0.484. The Morgan fingerprint density at radius 3 is 2.78 bits per heavy atom. The Kier molecular flexibility index (Phi) is 1.63. The predicted octanol–water partition coefficient (Wildman–Crippen LogP) is 0.844. The topological polar surface area (TPSA) is 32.9 Å². The van der Waals surface area contributed by atoms with E-state index in [1.807, 2.05) is 0 Å². The first kappa shape index (κ1) is 6.01. The summed E-state index contributed by atoms with van der Waals surface area (Å²) < 4.78 is 11.7. The van der Waals surface area contributed by atoms with E-state index >= 15 is 0 Å². The maximum atomic E-state index is 11.7. The molecule has 0 spiro atoms. The molecule has 48 valence electrons. The minimum atomic E-state index is -0.531. The first-order valence-corrected chi connectivity index (χ1v) is 2.56. The molecule has 3 heteroatoms. The minimum absolute atomic E-state index is 0.202. The van der Waals surface area contributed by atoms with Crippen LogP contribution in [-0.2, 0) is 6.67 Å². The Labute approximate surface area is 51.3 Å². The minimum Gasteiger partial charge on any atom is -0.329 e. The average molecular weight is 127 g/mol. The van der Waals surface area contributed by atoms with Crippen molar-refractivity contribution in [3.63, 3.8) is 0 Å². The van der Waals surface area contributed by atoms with Gasteiger partial charge in [0.15, 0.2) is 0 Å². The van der Waals surface area contributed by atoms with Crippen LogP contribution in [0.5, 0.6) is 0 Å². The van der Waals surface area contributed by atoms with E-state index in [-0.39, 0.29) is 5.56 Å². The van der Waals surface area contributed by atoms with Gasteiger partial charge >= 0.3 is 0 Å². The number of nitrogens with one attached hydrogen (secondary N) is 1. The van der Waals surface area contributed by atoms with Gasteiger partial charge in [0, 0.05) is 12.3 Å². The second-order valence-corrected chi connectivity index (χ2v) is 1.69. The number of halogens is 1. The SMILES string of the molecule is O=c1ccc(CF)c[nH]1. The van der Waals surface area contributed by atoms with Crippen molar-refractivity contribution >= 4 is 0 Å². The predicted molar refractivity (Wildman–Crippen MR) is 31.9 cm³/mol. The molecule has 0 aliphatic heterocycles. The van der Waals surface area contributed by atoms with Crippen molar-refractivity contribution in [1.29, 1.82) is 0 Å². The number of alkyl halides is 1. The highest BCUT2D eigenvalue weighted by Crippen LogP contribution is 1.93. The van der Waals surface area contributed by atoms with Crippen LogP contribution < -0.4 is 5.56 Å². The molecule has 1 aromatic rings. The van der Waals surface area contributed by atoms with Gasteiger partial charge in [-0.3, -0.25) is 4.79 Å². The first-order valence-electron chi connectivity index (χ1n) is 2.56. The fraction of sp³-hybridized carbons (Fsp3) is 0.167. The summed E-state index contributed by atoms with van der Waals surface area (Å²) in [6.07, 6.45) is 1.36. The second-order valence-electron chi connectivity index (χ2n) is 1.69. The summed E-state index contributed by atoms with van der Waals surface area (Å²) in [6, 6.07) is 2.76. The quantitative estimate of drug-likeness (QED) is 0.595. The van der Waals surface area contributed by atoms with Gasteiger partial charge in [-0.25, -0.2) is 4.39 Å². The van der Waals surface area contributed by atoms with E-state index in [1.165, 1.54) is 18.3 Å². The van der Waals surface area contributed by atoms with Gasteiger partial charge in [-0.2, -0.15) is 0 Å². The van der Waals surface area contributed by atoms with Gasteiger partial charge in [-0.15, -0.1) is 0 Å². The van der Waals surface area contributed by atoms with E-state index in [4.69, 9.17) is 0 Å². The molecule has 0 atom stereocenters. The van der Waals surface area contributed by atoms with Crippen molar-refractivity contribution < 1.29 is 4.39 Å². The molecule has 0 aliphatic rings. The Balaban J connectivity index is 3.02. The number of hydrogen-bond donors (Lipinski definition) is 1. The first-order chi connectivity index (χ1) is 4.33. The Bertz CT molecular complexity index is 223. The van der Waals surface area contributed by atoms with Crippen molar-refractivity contribution in [2.75, 3.05) is 0 Å². The number of H-pyrrole nitrogens is 1. The highest BCUT2D eigenvalue weighted by atomic mass is 19.1. The molecule has 1 N–H and O–H groups in total. The van der Waals surface area contributed by atoms with E-state index in [9.17, 15) is 9.18 Å². The van der Waals surface area contributed by atoms with Gasteiger partial charge in [-0.1, -0.05) is 0 Å². The van der Waals surface area contributed by atoms with E-state index in [0.29, 0.717) is 5.56 Å². The third-order valence-electron chi connectivity index (χ3n) is 1.00. The number of rotatable bonds is 1. The Hall–Kier alpha value is -1.12. The molecule has 0 unspecified atom stereocenters. The summed E-state index contributed by atoms with van der Waals surface area (Å²) in [5.41, 5.74) is 0.293. The van der Waals surface area contributed by atoms with Crippen LogP contribution in [0.1, 0.15) is 5.56 Å². The largest absolute Gasteiger partial charge is 0.329 e. The summed E-state index contributed by atoms with van der Waals surface area (Å²) in [5.74, 6) is 0. The normalized spacial score (nSPS) is 9.44. The van der Waals surface area contributed by atoms with Crippen LogP contribution in [0.4, 0.5) is 4.39 Å². The molecule has 0 amide bonds. The molecule has 1 aromatic heterocycles. The van der Waals surface area contributed by atoms with E-state index < -0.39 is 6.67 Å². The zero-order valence-electron chi connectivity index (χ0n) is 4.73. The van der Waals surface area contributed by atoms with Crippen molar-refractivity contribution in [3.05, 3.63) is 34.2 Å². The summed E-state index contributed by atoms with van der Waals surface area (Å²) in [5, 5.41) is 0. The maximum Gasteiger partial charge on any atom is 0.247 e. The van der Waals surface area contributed by atoms with Gasteiger partial charge < -0.3 is 4.98 Å². The molecule has 2 nitrogen and oxygen atoms in total. The van der Waals surface area contributed by atoms with E-state index in [1.54, 1.807) is 0 Å². The molecule has 0 aromatic carbocycles. The average Bonchev–Trinajstić information content (AvgIpc) is 1.90. The highest BCUT2D eigenvalue weighted by molar-refractivity contribution is 5.06. The maximum absolute atomic E-state index is 11.7. The number of hydrogen-bond acceptors (Lipinski definition) is 1. The molecule has 0 saturated heterocycles. The van der Waals surface area contributed by atoms with Crippen LogP contribution in [-0.4, -0.2) is 4.98 Å². The van der Waals surface area contributed by atoms with Crippen LogP contribution in [0.15, 0.2) is 23.1 Å². The highest BCUT2D eigenvalue weighted by Gasteiger charge is 1.87. The lowest BCUT2D eigenvalue weighted by Gasteiger charge is -1.87. The molecule has 1 rings (SSSR count). The van der Waals surface area contributed by atoms with Gasteiger partial charge in [-0.05, 0) is 11.6 Å². The molecule has 0 saturated carbocycles. The number of aromatic amines is 1. The lowest BCUT2D eigenvalue weighted by atomic mass is 10.3. The number of aromatic nitrogens is 1. The van der Waals surface area contributed by atoms with Crippen molar-refractivity contribution in [2.24, 2.45) is 0 Å². The molecule has 0 fully saturated rings. The summed E-state index contributed by atoms with van der Waals surface area (Å²) in [7, 11) is 0. The Morgan fingerprint density at radius 1 is 1.56 bits per heavy atom. The van der Waals surface area contributed by atoms with Crippen LogP contribution in [0.25, 0.3) is 0 Å². The molecule has 1 heterocycles. The summed E-state index contributed by atoms with van der Waals surface area (Å²) >= 11 is 0. The van der Waals surface area contributed by atoms with Crippen molar-refractivity contribution in [3.8, 4) is 0 Å². The zero-order chi connectivity index (χ0) is 6.69. The third-order valence-corrected chi connectivity index (χ3v) is 1.00. The lowest BCUT2D eigenvalue weighted by Crippen LogP contribution is -2.01. The smallest absolute Gasteiger partial charge is 0.247 e. The summed E-state index contributed by atoms with van der Waals surface area (Å²) in [4.78, 5) is 12.7. The van der Waals surface area contributed by atoms with Crippen molar-refractivity contribution in [2.45, 2.75) is 6.67 Å². The van der Waals surface area contributed by atoms with E-state index in [0.717, 1.165) is 0 Å². The van der Waals surface area contributed by atoms with E-state index in [2.05, 4.69) is 4.98 Å². The molecular formula is C6H6FNO. The van der Waals surface area contributed by atoms with Gasteiger partial charge in [0.2, 0.25) is 5.56 Å². The van der Waals surface area contributed by atoms with Gasteiger partial charge in [0.25, 0.3) is 0 Å². The van der Waals surface area contributed by atoms with Crippen LogP contribution in [0.2, 0.25) is 0 Å². The second kappa shape index (κ2) is 2.44. The molecule has 9 heavy (non-hydrogen) atoms. The molecule has 0 radical (unpaired) electrons. The fourth-order valence-electron chi connectivity index (χ4n) is 0.526. The zero-order valence-corrected chi connectivity index (χ0v) is 4.73. The Morgan fingerprint density at radius 2 is 2.33 bits per heavy atom. The molecular weight excluding hydrogens is 121 g/mol. The van der Waals surface area contributed by atoms with Crippen LogP contribution in [0.3, 0.4) is 0 Å². The van der Waals surface area contributed by atoms with Gasteiger partial charge in [0.1, 0.15) is 6.67 Å². The fourth-order valence-corrected chi connectivity index (χ4v) is 0.526. The van der Waals surface area contributed by atoms with Crippen molar-refractivity contribution in [1.82, 2.24) is 4.98 Å². The van der Waals surface area contributed by atoms with Gasteiger partial charge in [0.05, 0.1) is 0 Å². The number of pyridine rings is 1. The molecule has 0 aliphatic carbocycles. The third kappa shape index (κ3) is 1.38. The van der Waals surface area contributed by atoms with Crippen LogP contribution in [0, 0.1) is 0 Å². The molecule has 0 bridgehead atoms.